The van der Waals surface area contributed by atoms with Gasteiger partial charge in [-0.1, -0.05) is 160 Å². The Balaban J connectivity index is 1.09. The monoisotopic (exact) mass is 770 g/mol. The molecule has 0 aliphatic heterocycles. The van der Waals surface area contributed by atoms with Crippen LogP contribution in [-0.2, 0) is 5.41 Å². The highest BCUT2D eigenvalue weighted by molar-refractivity contribution is 5.97. The average Bonchev–Trinajstić information content (AvgIpc) is 3.76. The molecule has 2 heteroatoms. The van der Waals surface area contributed by atoms with E-state index in [1.54, 1.807) is 0 Å². The molecule has 0 radical (unpaired) electrons. The van der Waals surface area contributed by atoms with Gasteiger partial charge < -0.3 is 9.47 Å². The van der Waals surface area contributed by atoms with Gasteiger partial charge in [-0.2, -0.15) is 0 Å². The number of rotatable bonds is 7. The normalized spacial score (nSPS) is 14.8. The molecule has 1 unspecified atom stereocenters. The van der Waals surface area contributed by atoms with Gasteiger partial charge in [-0.25, -0.2) is 0 Å². The lowest BCUT2D eigenvalue weighted by Gasteiger charge is -2.29. The lowest BCUT2D eigenvalue weighted by Crippen LogP contribution is -2.16. The van der Waals surface area contributed by atoms with Gasteiger partial charge in [-0.15, -0.1) is 0 Å². The lowest BCUT2D eigenvalue weighted by atomic mass is 9.82. The number of benzene rings is 8. The van der Waals surface area contributed by atoms with Crippen LogP contribution in [0.25, 0.3) is 67.2 Å². The molecular weight excluding hydrogens is 725 g/mol. The number of nitrogens with zero attached hydrogens (tertiary/aromatic N) is 2. The minimum atomic E-state index is -0.117. The maximum Gasteiger partial charge on any atom is 0.0538 e. The van der Waals surface area contributed by atoms with Crippen molar-refractivity contribution in [2.24, 2.45) is 0 Å². The molecule has 9 aromatic rings. The van der Waals surface area contributed by atoms with Crippen molar-refractivity contribution in [1.82, 2.24) is 4.57 Å². The van der Waals surface area contributed by atoms with Gasteiger partial charge in [-0.05, 0) is 140 Å². The number of fused-ring (bicyclic) bond motifs is 6. The molecule has 0 N–H and O–H groups in total. The highest BCUT2D eigenvalue weighted by Gasteiger charge is 2.36. The highest BCUT2D eigenvalue weighted by atomic mass is 15.1. The van der Waals surface area contributed by atoms with Crippen LogP contribution in [-0.4, -0.2) is 4.57 Å². The van der Waals surface area contributed by atoms with E-state index < -0.39 is 0 Å². The number of anilines is 3. The molecule has 8 aromatic carbocycles. The summed E-state index contributed by atoms with van der Waals surface area (Å²) in [6.07, 6.45) is 5.70. The summed E-state index contributed by atoms with van der Waals surface area (Å²) in [5.41, 5.74) is 21.1. The Morgan fingerprint density at radius 2 is 1.07 bits per heavy atom. The fourth-order valence-electron chi connectivity index (χ4n) is 10.0. The molecule has 2 aliphatic rings. The zero-order valence-electron chi connectivity index (χ0n) is 34.3. The summed E-state index contributed by atoms with van der Waals surface area (Å²) in [5.74, 6) is 0.426. The first-order valence-electron chi connectivity index (χ1n) is 21.2. The molecule has 1 atom stereocenters. The minimum absolute atomic E-state index is 0.117. The summed E-state index contributed by atoms with van der Waals surface area (Å²) in [6, 6.07) is 71.6. The zero-order chi connectivity index (χ0) is 40.4. The van der Waals surface area contributed by atoms with Gasteiger partial charge in [0.05, 0.1) is 5.52 Å². The molecule has 288 valence electrons. The first-order valence-corrected chi connectivity index (χ1v) is 21.2. The van der Waals surface area contributed by atoms with Crippen LogP contribution < -0.4 is 4.90 Å². The van der Waals surface area contributed by atoms with Crippen LogP contribution in [0.4, 0.5) is 17.1 Å². The summed E-state index contributed by atoms with van der Waals surface area (Å²) in [7, 11) is 0. The van der Waals surface area contributed by atoms with Crippen molar-refractivity contribution in [1.29, 1.82) is 0 Å². The second-order valence-corrected chi connectivity index (χ2v) is 17.0. The molecular formula is C58H46N2. The van der Waals surface area contributed by atoms with E-state index in [1.165, 1.54) is 83.5 Å². The van der Waals surface area contributed by atoms with Crippen molar-refractivity contribution < 1.29 is 0 Å². The van der Waals surface area contributed by atoms with E-state index in [-0.39, 0.29) is 5.41 Å². The maximum absolute atomic E-state index is 2.45. The van der Waals surface area contributed by atoms with E-state index in [0.717, 1.165) is 23.5 Å². The van der Waals surface area contributed by atoms with Gasteiger partial charge in [0.15, 0.2) is 0 Å². The topological polar surface area (TPSA) is 8.17 Å². The molecule has 0 fully saturated rings. The highest BCUT2D eigenvalue weighted by Crippen LogP contribution is 2.51. The summed E-state index contributed by atoms with van der Waals surface area (Å²) in [5, 5.41) is 1.33. The molecule has 0 saturated carbocycles. The first-order chi connectivity index (χ1) is 29.4. The molecule has 0 amide bonds. The SMILES string of the molecule is CC1CC=Cc2c1c1cc(-c3ccc(N(c4ccc(-c5ccccc5)cc4)c4ccc5c(c4)C(C)(C)c4ccccc4-5)cc3-c3ccccc3)ccc1n2-c1ccccc1. The largest absolute Gasteiger partial charge is 0.310 e. The van der Waals surface area contributed by atoms with Gasteiger partial charge >= 0.3 is 0 Å². The average molecular weight is 771 g/mol. The van der Waals surface area contributed by atoms with Crippen LogP contribution in [0.5, 0.6) is 0 Å². The molecule has 2 aliphatic carbocycles. The van der Waals surface area contributed by atoms with E-state index in [0.29, 0.717) is 5.92 Å². The van der Waals surface area contributed by atoms with Crippen LogP contribution in [0.1, 0.15) is 55.5 Å². The predicted molar refractivity (Wildman–Crippen MR) is 254 cm³/mol. The van der Waals surface area contributed by atoms with Crippen LogP contribution in [0.15, 0.2) is 200 Å². The quantitative estimate of drug-likeness (QED) is 0.157. The first kappa shape index (κ1) is 36.0. The van der Waals surface area contributed by atoms with E-state index in [9.17, 15) is 0 Å². The van der Waals surface area contributed by atoms with Crippen molar-refractivity contribution >= 4 is 34.0 Å². The zero-order valence-corrected chi connectivity index (χ0v) is 34.3. The van der Waals surface area contributed by atoms with Gasteiger partial charge in [0.1, 0.15) is 0 Å². The third kappa shape index (κ3) is 5.86. The predicted octanol–water partition coefficient (Wildman–Crippen LogP) is 15.9. The van der Waals surface area contributed by atoms with Crippen molar-refractivity contribution in [3.63, 3.8) is 0 Å². The number of aromatic nitrogens is 1. The van der Waals surface area contributed by atoms with Crippen molar-refractivity contribution in [2.45, 2.75) is 38.5 Å². The molecule has 1 heterocycles. The molecule has 0 bridgehead atoms. The van der Waals surface area contributed by atoms with E-state index >= 15 is 0 Å². The smallest absolute Gasteiger partial charge is 0.0538 e. The number of hydrogen-bond acceptors (Lipinski definition) is 1. The fourth-order valence-corrected chi connectivity index (χ4v) is 10.0. The van der Waals surface area contributed by atoms with Crippen molar-refractivity contribution in [3.05, 3.63) is 223 Å². The Labute approximate surface area is 353 Å². The van der Waals surface area contributed by atoms with E-state index in [4.69, 9.17) is 0 Å². The van der Waals surface area contributed by atoms with E-state index in [2.05, 4.69) is 237 Å². The van der Waals surface area contributed by atoms with Gasteiger partial charge in [0.2, 0.25) is 0 Å². The molecule has 0 saturated heterocycles. The summed E-state index contributed by atoms with van der Waals surface area (Å²) < 4.78 is 2.44. The summed E-state index contributed by atoms with van der Waals surface area (Å²) >= 11 is 0. The molecule has 0 spiro atoms. The molecule has 1 aromatic heterocycles. The molecule has 60 heavy (non-hydrogen) atoms. The third-order valence-electron chi connectivity index (χ3n) is 13.0. The third-order valence-corrected chi connectivity index (χ3v) is 13.0. The Morgan fingerprint density at radius 3 is 1.82 bits per heavy atom. The number of hydrogen-bond donors (Lipinski definition) is 0. The minimum Gasteiger partial charge on any atom is -0.310 e. The summed E-state index contributed by atoms with van der Waals surface area (Å²) in [4.78, 5) is 2.44. The summed E-state index contributed by atoms with van der Waals surface area (Å²) in [6.45, 7) is 7.09. The van der Waals surface area contributed by atoms with Crippen molar-refractivity contribution in [2.75, 3.05) is 4.90 Å². The Hall–Kier alpha value is -7.16. The van der Waals surface area contributed by atoms with Crippen LogP contribution in [0, 0.1) is 0 Å². The van der Waals surface area contributed by atoms with E-state index in [1.807, 2.05) is 0 Å². The Morgan fingerprint density at radius 1 is 0.483 bits per heavy atom. The van der Waals surface area contributed by atoms with Gasteiger partial charge in [-0.3, -0.25) is 0 Å². The standard InChI is InChI=1S/C58H46N2/c1-39-16-15-25-56-57(39)52-36-43(28-35-55(52)60(56)44-21-11-6-12-22-44)48-33-31-46(37-51(48)42-19-9-5-10-20-42)59(45-29-26-41(27-30-45)40-17-7-4-8-18-40)47-32-34-50-49-23-13-14-24-53(49)58(2,3)54(50)38-47/h4-15,17-39H,16H2,1-3H3. The second-order valence-electron chi connectivity index (χ2n) is 17.0. The fraction of sp³-hybridized carbons (Fsp3) is 0.103. The number of para-hydroxylation sites is 1. The maximum atomic E-state index is 2.45. The van der Waals surface area contributed by atoms with Crippen LogP contribution in [0.2, 0.25) is 0 Å². The van der Waals surface area contributed by atoms with Crippen molar-refractivity contribution in [3.8, 4) is 50.2 Å². The van der Waals surface area contributed by atoms with Crippen LogP contribution >= 0.6 is 0 Å². The Kier molecular flexibility index (Phi) is 8.56. The molecule has 2 nitrogen and oxygen atoms in total. The van der Waals surface area contributed by atoms with Gasteiger partial charge in [0, 0.05) is 39.2 Å². The van der Waals surface area contributed by atoms with Gasteiger partial charge in [0.25, 0.3) is 0 Å². The Bertz CT molecular complexity index is 3080. The lowest BCUT2D eigenvalue weighted by molar-refractivity contribution is 0.660. The molecule has 11 rings (SSSR count). The van der Waals surface area contributed by atoms with Crippen LogP contribution in [0.3, 0.4) is 0 Å². The number of allylic oxidation sites excluding steroid dienone is 1. The second kappa shape index (κ2) is 14.3.